The van der Waals surface area contributed by atoms with Gasteiger partial charge in [0.25, 0.3) is 15.9 Å². The van der Waals surface area contributed by atoms with Gasteiger partial charge in [0.2, 0.25) is 0 Å². The van der Waals surface area contributed by atoms with E-state index in [2.05, 4.69) is 5.43 Å². The van der Waals surface area contributed by atoms with Crippen molar-refractivity contribution >= 4 is 15.9 Å². The number of hydrogen-bond acceptors (Lipinski definition) is 5. The molecule has 1 amide bonds. The van der Waals surface area contributed by atoms with E-state index >= 15 is 0 Å². The first-order valence-corrected chi connectivity index (χ1v) is 8.07. The first kappa shape index (κ1) is 16.8. The van der Waals surface area contributed by atoms with Crippen LogP contribution in [-0.4, -0.2) is 26.5 Å². The van der Waals surface area contributed by atoms with Gasteiger partial charge in [0, 0.05) is 5.56 Å². The molecule has 0 aromatic heterocycles. The summed E-state index contributed by atoms with van der Waals surface area (Å²) in [4.78, 5) is 13.8. The number of phenolic OH excluding ortho intramolecular Hbond substituents is 1. The van der Waals surface area contributed by atoms with Gasteiger partial charge in [-0.15, -0.1) is 4.83 Å². The summed E-state index contributed by atoms with van der Waals surface area (Å²) >= 11 is 0. The Morgan fingerprint density at radius 1 is 1.17 bits per heavy atom. The van der Waals surface area contributed by atoms with Crippen LogP contribution in [0.15, 0.2) is 47.4 Å². The Hall–Kier alpha value is -2.58. The largest absolute Gasteiger partial charge is 0.508 e. The first-order chi connectivity index (χ1) is 10.8. The Morgan fingerprint density at radius 3 is 2.57 bits per heavy atom. The highest BCUT2D eigenvalue weighted by atomic mass is 32.2. The van der Waals surface area contributed by atoms with Gasteiger partial charge in [0.1, 0.15) is 16.4 Å². The van der Waals surface area contributed by atoms with Crippen LogP contribution in [-0.2, 0) is 10.0 Å². The molecule has 0 heterocycles. The summed E-state index contributed by atoms with van der Waals surface area (Å²) in [6, 6.07) is 10.2. The molecule has 122 valence electrons. The molecule has 0 saturated carbocycles. The maximum Gasteiger partial charge on any atom is 0.266 e. The second-order valence-electron chi connectivity index (χ2n) is 4.76. The zero-order valence-corrected chi connectivity index (χ0v) is 13.3. The van der Waals surface area contributed by atoms with E-state index in [9.17, 15) is 18.3 Å². The Balaban J connectivity index is 2.19. The SMILES string of the molecule is COc1ccc(C)cc1S(=O)(=O)NNC(=O)c1cccc(O)c1. The molecule has 2 aromatic carbocycles. The van der Waals surface area contributed by atoms with Crippen molar-refractivity contribution in [1.82, 2.24) is 10.3 Å². The van der Waals surface area contributed by atoms with Crippen molar-refractivity contribution in [2.24, 2.45) is 0 Å². The van der Waals surface area contributed by atoms with Crippen LogP contribution in [0.1, 0.15) is 15.9 Å². The number of sulfonamides is 1. The summed E-state index contributed by atoms with van der Waals surface area (Å²) in [5.41, 5.74) is 2.93. The van der Waals surface area contributed by atoms with Crippen LogP contribution in [0.4, 0.5) is 0 Å². The van der Waals surface area contributed by atoms with E-state index in [0.717, 1.165) is 5.56 Å². The van der Waals surface area contributed by atoms with Gasteiger partial charge >= 0.3 is 0 Å². The maximum absolute atomic E-state index is 12.3. The summed E-state index contributed by atoms with van der Waals surface area (Å²) in [5.74, 6) is -0.633. The quantitative estimate of drug-likeness (QED) is 0.715. The molecule has 8 heteroatoms. The van der Waals surface area contributed by atoms with Gasteiger partial charge in [-0.05, 0) is 42.8 Å². The van der Waals surface area contributed by atoms with Crippen LogP contribution in [0, 0.1) is 6.92 Å². The fourth-order valence-electron chi connectivity index (χ4n) is 1.88. The predicted molar refractivity (Wildman–Crippen MR) is 83.6 cm³/mol. The molecular weight excluding hydrogens is 320 g/mol. The number of aromatic hydroxyl groups is 1. The van der Waals surface area contributed by atoms with E-state index < -0.39 is 15.9 Å². The van der Waals surface area contributed by atoms with Crippen molar-refractivity contribution < 1.29 is 23.1 Å². The fourth-order valence-corrected chi connectivity index (χ4v) is 2.98. The number of methoxy groups -OCH3 is 1. The lowest BCUT2D eigenvalue weighted by atomic mass is 10.2. The molecule has 0 fully saturated rings. The molecule has 7 nitrogen and oxygen atoms in total. The molecule has 0 aliphatic carbocycles. The monoisotopic (exact) mass is 336 g/mol. The van der Waals surface area contributed by atoms with Crippen LogP contribution in [0.25, 0.3) is 0 Å². The van der Waals surface area contributed by atoms with E-state index in [-0.39, 0.29) is 22.0 Å². The zero-order valence-electron chi connectivity index (χ0n) is 12.5. The zero-order chi connectivity index (χ0) is 17.0. The van der Waals surface area contributed by atoms with Crippen molar-refractivity contribution in [3.8, 4) is 11.5 Å². The standard InChI is InChI=1S/C15H16N2O5S/c1-10-6-7-13(22-2)14(8-10)23(20,21)17-16-15(19)11-4-3-5-12(18)9-11/h3-9,17-18H,1-2H3,(H,16,19). The van der Waals surface area contributed by atoms with Crippen LogP contribution in [0.5, 0.6) is 11.5 Å². The third-order valence-electron chi connectivity index (χ3n) is 3.02. The van der Waals surface area contributed by atoms with Gasteiger partial charge in [0.05, 0.1) is 7.11 Å². The lowest BCUT2D eigenvalue weighted by molar-refractivity contribution is 0.0944. The number of hydrogen-bond donors (Lipinski definition) is 3. The number of amides is 1. The second kappa shape index (κ2) is 6.67. The number of aryl methyl sites for hydroxylation is 1. The van der Waals surface area contributed by atoms with Gasteiger partial charge in [-0.3, -0.25) is 10.2 Å². The average molecular weight is 336 g/mol. The number of benzene rings is 2. The summed E-state index contributed by atoms with van der Waals surface area (Å²) in [5, 5.41) is 9.33. The Bertz CT molecular complexity index is 834. The lowest BCUT2D eigenvalue weighted by Crippen LogP contribution is -2.41. The molecule has 0 aliphatic heterocycles. The topological polar surface area (TPSA) is 105 Å². The van der Waals surface area contributed by atoms with Gasteiger partial charge in [-0.1, -0.05) is 12.1 Å². The molecule has 2 rings (SSSR count). The number of carbonyl (C=O) groups excluding carboxylic acids is 1. The molecule has 23 heavy (non-hydrogen) atoms. The van der Waals surface area contributed by atoms with E-state index in [0.29, 0.717) is 0 Å². The second-order valence-corrected chi connectivity index (χ2v) is 6.42. The van der Waals surface area contributed by atoms with Crippen molar-refractivity contribution in [2.75, 3.05) is 7.11 Å². The van der Waals surface area contributed by atoms with Crippen molar-refractivity contribution in [2.45, 2.75) is 11.8 Å². The molecule has 0 aliphatic rings. The number of nitrogens with one attached hydrogen (secondary N) is 2. The minimum absolute atomic E-state index is 0.0868. The van der Waals surface area contributed by atoms with Gasteiger partial charge in [0.15, 0.2) is 0 Å². The molecule has 0 radical (unpaired) electrons. The number of hydrazine groups is 1. The maximum atomic E-state index is 12.3. The number of ether oxygens (including phenoxy) is 1. The minimum atomic E-state index is -4.01. The third kappa shape index (κ3) is 3.99. The Kier molecular flexibility index (Phi) is 4.87. The van der Waals surface area contributed by atoms with E-state index in [1.807, 2.05) is 4.83 Å². The smallest absolute Gasteiger partial charge is 0.266 e. The summed E-state index contributed by atoms with van der Waals surface area (Å²) < 4.78 is 29.7. The average Bonchev–Trinajstić information content (AvgIpc) is 2.52. The highest BCUT2D eigenvalue weighted by Gasteiger charge is 2.20. The minimum Gasteiger partial charge on any atom is -0.508 e. The van der Waals surface area contributed by atoms with E-state index in [4.69, 9.17) is 4.74 Å². The highest BCUT2D eigenvalue weighted by Crippen LogP contribution is 2.24. The van der Waals surface area contributed by atoms with Crippen LogP contribution < -0.4 is 15.0 Å². The Morgan fingerprint density at radius 2 is 1.91 bits per heavy atom. The molecule has 0 spiro atoms. The fraction of sp³-hybridized carbons (Fsp3) is 0.133. The van der Waals surface area contributed by atoms with Crippen molar-refractivity contribution in [3.63, 3.8) is 0 Å². The molecule has 0 bridgehead atoms. The predicted octanol–water partition coefficient (Wildman–Crippen LogP) is 1.33. The molecular formula is C15H16N2O5S. The van der Waals surface area contributed by atoms with Crippen molar-refractivity contribution in [1.29, 1.82) is 0 Å². The molecule has 3 N–H and O–H groups in total. The van der Waals surface area contributed by atoms with E-state index in [1.165, 1.54) is 43.5 Å². The van der Waals surface area contributed by atoms with Gasteiger partial charge < -0.3 is 9.84 Å². The highest BCUT2D eigenvalue weighted by molar-refractivity contribution is 7.89. The normalized spacial score (nSPS) is 11.0. The van der Waals surface area contributed by atoms with Gasteiger partial charge in [-0.25, -0.2) is 8.42 Å². The van der Waals surface area contributed by atoms with Crippen molar-refractivity contribution in [3.05, 3.63) is 53.6 Å². The van der Waals surface area contributed by atoms with Crippen LogP contribution in [0.2, 0.25) is 0 Å². The lowest BCUT2D eigenvalue weighted by Gasteiger charge is -2.12. The summed E-state index contributed by atoms with van der Waals surface area (Å²) in [6.45, 7) is 1.74. The van der Waals surface area contributed by atoms with Gasteiger partial charge in [-0.2, -0.15) is 0 Å². The van der Waals surface area contributed by atoms with E-state index in [1.54, 1.807) is 13.0 Å². The third-order valence-corrected chi connectivity index (χ3v) is 4.28. The molecule has 0 atom stereocenters. The summed E-state index contributed by atoms with van der Waals surface area (Å²) in [7, 11) is -2.65. The molecule has 0 unspecified atom stereocenters. The number of carbonyl (C=O) groups is 1. The first-order valence-electron chi connectivity index (χ1n) is 6.59. The number of rotatable bonds is 5. The van der Waals surface area contributed by atoms with Crippen LogP contribution >= 0.6 is 0 Å². The molecule has 2 aromatic rings. The Labute approximate surface area is 133 Å². The molecule has 0 saturated heterocycles. The summed E-state index contributed by atoms with van der Waals surface area (Å²) in [6.07, 6.45) is 0. The number of phenols is 1. The van der Waals surface area contributed by atoms with Crippen LogP contribution in [0.3, 0.4) is 0 Å².